The maximum Gasteiger partial charge on any atom is 0.0867 e. The minimum absolute atomic E-state index is 0.0146. The summed E-state index contributed by atoms with van der Waals surface area (Å²) in [6, 6.07) is 11.6. The van der Waals surface area contributed by atoms with E-state index in [0.29, 0.717) is 6.42 Å². The summed E-state index contributed by atoms with van der Waals surface area (Å²) >= 11 is 3.45. The Kier molecular flexibility index (Phi) is 3.75. The van der Waals surface area contributed by atoms with Crippen LogP contribution in [0.25, 0.3) is 22.3 Å². The van der Waals surface area contributed by atoms with Crippen LogP contribution < -0.4 is 5.11 Å². The Labute approximate surface area is 130 Å². The quantitative estimate of drug-likeness (QED) is 0.791. The number of pyridine rings is 1. The Bertz CT molecular complexity index is 797. The van der Waals surface area contributed by atoms with Gasteiger partial charge in [-0.3, -0.25) is 4.98 Å². The SMILES string of the molecule is O=C([O-])CCc1c(-c2ccccn2)[nH]c2ccc(Br)cc12. The zero-order valence-electron chi connectivity index (χ0n) is 11.1. The first-order valence-corrected chi connectivity index (χ1v) is 7.36. The Morgan fingerprint density at radius 3 is 2.86 bits per heavy atom. The molecule has 3 aromatic rings. The van der Waals surface area contributed by atoms with Crippen molar-refractivity contribution < 1.29 is 9.90 Å². The molecule has 0 aliphatic carbocycles. The number of hydrogen-bond donors (Lipinski definition) is 1. The highest BCUT2D eigenvalue weighted by Gasteiger charge is 2.14. The number of aryl methyl sites for hydroxylation is 1. The fourth-order valence-corrected chi connectivity index (χ4v) is 2.80. The zero-order valence-corrected chi connectivity index (χ0v) is 12.7. The third-order valence-electron chi connectivity index (χ3n) is 3.37. The lowest BCUT2D eigenvalue weighted by Crippen LogP contribution is -2.22. The molecule has 1 aromatic carbocycles. The van der Waals surface area contributed by atoms with Gasteiger partial charge in [-0.05, 0) is 48.7 Å². The van der Waals surface area contributed by atoms with Crippen molar-refractivity contribution in [3.05, 3.63) is 52.6 Å². The number of nitrogens with zero attached hydrogens (tertiary/aromatic N) is 1. The molecule has 0 fully saturated rings. The summed E-state index contributed by atoms with van der Waals surface area (Å²) in [7, 11) is 0. The first-order chi connectivity index (χ1) is 10.1. The lowest BCUT2D eigenvalue weighted by atomic mass is 10.0. The number of carboxylic acids is 1. The smallest absolute Gasteiger partial charge is 0.0867 e. The first kappa shape index (κ1) is 13.8. The van der Waals surface area contributed by atoms with E-state index in [0.717, 1.165) is 32.3 Å². The molecule has 0 bridgehead atoms. The predicted octanol–water partition coefficient (Wildman–Crippen LogP) is 2.67. The van der Waals surface area contributed by atoms with E-state index in [1.54, 1.807) is 6.20 Å². The molecule has 0 saturated heterocycles. The van der Waals surface area contributed by atoms with Crippen LogP contribution in [-0.4, -0.2) is 15.9 Å². The number of carbonyl (C=O) groups excluding carboxylic acids is 1. The van der Waals surface area contributed by atoms with Crippen LogP contribution in [0, 0.1) is 0 Å². The predicted molar refractivity (Wildman–Crippen MR) is 82.6 cm³/mol. The lowest BCUT2D eigenvalue weighted by Gasteiger charge is -2.05. The molecule has 0 atom stereocenters. The van der Waals surface area contributed by atoms with Crippen LogP contribution in [0.2, 0.25) is 0 Å². The van der Waals surface area contributed by atoms with Crippen molar-refractivity contribution in [3.63, 3.8) is 0 Å². The number of aromatic amines is 1. The maximum absolute atomic E-state index is 10.8. The molecular weight excluding hydrogens is 332 g/mol. The minimum Gasteiger partial charge on any atom is -0.550 e. The number of carboxylic acid groups (broad SMARTS) is 1. The van der Waals surface area contributed by atoms with Gasteiger partial charge in [0.05, 0.1) is 11.4 Å². The van der Waals surface area contributed by atoms with Crippen molar-refractivity contribution in [2.45, 2.75) is 12.8 Å². The highest BCUT2D eigenvalue weighted by molar-refractivity contribution is 9.10. The van der Waals surface area contributed by atoms with Gasteiger partial charge in [-0.1, -0.05) is 22.0 Å². The van der Waals surface area contributed by atoms with E-state index in [9.17, 15) is 9.90 Å². The van der Waals surface area contributed by atoms with Gasteiger partial charge in [-0.2, -0.15) is 0 Å². The van der Waals surface area contributed by atoms with Crippen LogP contribution >= 0.6 is 15.9 Å². The Hall–Kier alpha value is -2.14. The van der Waals surface area contributed by atoms with Gasteiger partial charge in [-0.15, -0.1) is 0 Å². The molecule has 3 rings (SSSR count). The highest BCUT2D eigenvalue weighted by atomic mass is 79.9. The Morgan fingerprint density at radius 2 is 2.14 bits per heavy atom. The van der Waals surface area contributed by atoms with Gasteiger partial charge < -0.3 is 14.9 Å². The van der Waals surface area contributed by atoms with Crippen molar-refractivity contribution in [1.82, 2.24) is 9.97 Å². The second kappa shape index (κ2) is 5.69. The lowest BCUT2D eigenvalue weighted by molar-refractivity contribution is -0.305. The number of H-pyrrole nitrogens is 1. The Morgan fingerprint density at radius 1 is 1.29 bits per heavy atom. The molecule has 0 radical (unpaired) electrons. The van der Waals surface area contributed by atoms with E-state index in [2.05, 4.69) is 25.9 Å². The summed E-state index contributed by atoms with van der Waals surface area (Å²) in [5.41, 5.74) is 3.59. The fraction of sp³-hybridized carbons (Fsp3) is 0.125. The highest BCUT2D eigenvalue weighted by Crippen LogP contribution is 2.31. The van der Waals surface area contributed by atoms with Gasteiger partial charge in [0, 0.05) is 27.5 Å². The third-order valence-corrected chi connectivity index (χ3v) is 3.86. The van der Waals surface area contributed by atoms with Gasteiger partial charge in [0.1, 0.15) is 0 Å². The molecule has 106 valence electrons. The molecule has 5 heteroatoms. The molecule has 0 aliphatic heterocycles. The van der Waals surface area contributed by atoms with Crippen molar-refractivity contribution in [1.29, 1.82) is 0 Å². The summed E-state index contributed by atoms with van der Waals surface area (Å²) in [5, 5.41) is 11.8. The van der Waals surface area contributed by atoms with Crippen LogP contribution in [0.15, 0.2) is 47.1 Å². The number of hydrogen-bond acceptors (Lipinski definition) is 3. The molecular formula is C16H12BrN2O2-. The number of benzene rings is 1. The normalized spacial score (nSPS) is 10.9. The zero-order chi connectivity index (χ0) is 14.8. The van der Waals surface area contributed by atoms with Gasteiger partial charge in [0.25, 0.3) is 0 Å². The van der Waals surface area contributed by atoms with E-state index in [-0.39, 0.29) is 6.42 Å². The van der Waals surface area contributed by atoms with Crippen LogP contribution in [0.4, 0.5) is 0 Å². The van der Waals surface area contributed by atoms with Gasteiger partial charge in [-0.25, -0.2) is 0 Å². The average molecular weight is 344 g/mol. The summed E-state index contributed by atoms with van der Waals surface area (Å²) < 4.78 is 0.955. The first-order valence-electron chi connectivity index (χ1n) is 6.56. The molecule has 1 N–H and O–H groups in total. The Balaban J connectivity index is 2.18. The molecule has 0 saturated carbocycles. The van der Waals surface area contributed by atoms with E-state index < -0.39 is 5.97 Å². The van der Waals surface area contributed by atoms with E-state index in [1.807, 2.05) is 36.4 Å². The van der Waals surface area contributed by atoms with Crippen LogP contribution in [0.5, 0.6) is 0 Å². The molecule has 21 heavy (non-hydrogen) atoms. The number of rotatable bonds is 4. The molecule has 4 nitrogen and oxygen atoms in total. The second-order valence-corrected chi connectivity index (χ2v) is 5.67. The molecule has 0 spiro atoms. The van der Waals surface area contributed by atoms with Gasteiger partial charge in [0.15, 0.2) is 0 Å². The average Bonchev–Trinajstić information content (AvgIpc) is 2.84. The number of halogens is 1. The van der Waals surface area contributed by atoms with Crippen LogP contribution in [0.3, 0.4) is 0 Å². The van der Waals surface area contributed by atoms with E-state index in [4.69, 9.17) is 0 Å². The van der Waals surface area contributed by atoms with Crippen LogP contribution in [-0.2, 0) is 11.2 Å². The van der Waals surface area contributed by atoms with Gasteiger partial charge in [0.2, 0.25) is 0 Å². The standard InChI is InChI=1S/C16H13BrN2O2/c17-10-4-6-13-12(9-10)11(5-7-15(20)21)16(19-13)14-3-1-2-8-18-14/h1-4,6,8-9,19H,5,7H2,(H,20,21)/p-1. The van der Waals surface area contributed by atoms with Crippen molar-refractivity contribution in [2.75, 3.05) is 0 Å². The molecule has 0 aliphatic rings. The maximum atomic E-state index is 10.8. The van der Waals surface area contributed by atoms with Crippen molar-refractivity contribution >= 4 is 32.8 Å². The van der Waals surface area contributed by atoms with Gasteiger partial charge >= 0.3 is 0 Å². The molecule has 0 amide bonds. The minimum atomic E-state index is -1.05. The summed E-state index contributed by atoms with van der Waals surface area (Å²) in [6.45, 7) is 0. The number of aromatic nitrogens is 2. The molecule has 0 unspecified atom stereocenters. The largest absolute Gasteiger partial charge is 0.550 e. The van der Waals surface area contributed by atoms with Crippen LogP contribution in [0.1, 0.15) is 12.0 Å². The number of carbonyl (C=O) groups is 1. The summed E-state index contributed by atoms with van der Waals surface area (Å²) in [6.07, 6.45) is 2.11. The summed E-state index contributed by atoms with van der Waals surface area (Å²) in [4.78, 5) is 18.5. The molecule has 2 heterocycles. The van der Waals surface area contributed by atoms with E-state index in [1.165, 1.54) is 0 Å². The fourth-order valence-electron chi connectivity index (χ4n) is 2.44. The monoisotopic (exact) mass is 343 g/mol. The summed E-state index contributed by atoms with van der Waals surface area (Å²) in [5.74, 6) is -1.05. The number of fused-ring (bicyclic) bond motifs is 1. The molecule has 2 aromatic heterocycles. The second-order valence-electron chi connectivity index (χ2n) is 4.76. The van der Waals surface area contributed by atoms with Crippen molar-refractivity contribution in [3.8, 4) is 11.4 Å². The van der Waals surface area contributed by atoms with Crippen molar-refractivity contribution in [2.24, 2.45) is 0 Å². The van der Waals surface area contributed by atoms with E-state index >= 15 is 0 Å². The third kappa shape index (κ3) is 2.83. The number of aliphatic carboxylic acids is 1. The topological polar surface area (TPSA) is 68.8 Å². The number of nitrogens with one attached hydrogen (secondary N) is 1.